The van der Waals surface area contributed by atoms with Gasteiger partial charge in [0, 0.05) is 16.8 Å². The second kappa shape index (κ2) is 7.79. The number of thioether (sulfide) groups is 1. The molecule has 1 unspecified atom stereocenters. The Morgan fingerprint density at radius 2 is 2.21 bits per heavy atom. The number of hydrogen-bond donors (Lipinski definition) is 2. The number of rotatable bonds is 6. The van der Waals surface area contributed by atoms with Gasteiger partial charge in [-0.25, -0.2) is 9.97 Å². The average molecular weight is 416 g/mol. The van der Waals surface area contributed by atoms with Crippen LogP contribution >= 0.6 is 23.1 Å². The monoisotopic (exact) mass is 415 g/mol. The van der Waals surface area contributed by atoms with Crippen LogP contribution in [-0.4, -0.2) is 46.8 Å². The Kier molecular flexibility index (Phi) is 5.37. The zero-order valence-corrected chi connectivity index (χ0v) is 17.3. The number of Topliss-reactive ketones (excluding diaryl/α,β-unsaturated/α-hetero) is 1. The highest BCUT2D eigenvalue weighted by molar-refractivity contribution is 8.00. The van der Waals surface area contributed by atoms with Crippen LogP contribution in [0.25, 0.3) is 10.9 Å². The van der Waals surface area contributed by atoms with E-state index in [4.69, 9.17) is 4.74 Å². The number of ether oxygens (including phenoxy) is 1. The summed E-state index contributed by atoms with van der Waals surface area (Å²) in [6.45, 7) is 3.17. The molecule has 1 atom stereocenters. The molecule has 1 fully saturated rings. The summed E-state index contributed by atoms with van der Waals surface area (Å²) in [4.78, 5) is 23.2. The van der Waals surface area contributed by atoms with E-state index >= 15 is 0 Å². The Balaban J connectivity index is 1.53. The molecule has 4 rings (SSSR count). The van der Waals surface area contributed by atoms with Gasteiger partial charge in [0.15, 0.2) is 5.78 Å². The number of carbonyl (C=O) groups is 1. The molecule has 1 aliphatic rings. The molecule has 0 bridgehead atoms. The van der Waals surface area contributed by atoms with Crippen molar-refractivity contribution in [3.05, 3.63) is 45.9 Å². The minimum Gasteiger partial charge on any atom is -0.497 e. The fourth-order valence-electron chi connectivity index (χ4n) is 3.26. The van der Waals surface area contributed by atoms with Crippen molar-refractivity contribution in [1.29, 1.82) is 0 Å². The van der Waals surface area contributed by atoms with Gasteiger partial charge in [0.25, 0.3) is 0 Å². The number of β-amino-alcohol motifs (C(OH)–C–C–N with tert-alkyl or cyclic N) is 1. The van der Waals surface area contributed by atoms with E-state index < -0.39 is 5.60 Å². The number of carbonyl (C=O) groups excluding carboxylic acids is 1. The van der Waals surface area contributed by atoms with Crippen molar-refractivity contribution >= 4 is 39.8 Å². The second-order valence-electron chi connectivity index (χ2n) is 6.79. The standard InChI is InChI=1S/C20H21N3O3S2/c1-12-22-15-4-3-13(26-2)9-14(15)19(23-12)27-10-16(24)17-5-6-18(28-17)20(25)7-8-21-11-20/h3-6,9,21,25H,7-8,10-11H2,1-2H3. The lowest BCUT2D eigenvalue weighted by atomic mass is 10.0. The number of methoxy groups -OCH3 is 1. The molecule has 146 valence electrons. The smallest absolute Gasteiger partial charge is 0.183 e. The second-order valence-corrected chi connectivity index (χ2v) is 8.84. The first-order chi connectivity index (χ1) is 13.5. The molecule has 0 amide bonds. The van der Waals surface area contributed by atoms with Gasteiger partial charge in [-0.05, 0) is 50.2 Å². The van der Waals surface area contributed by atoms with Gasteiger partial charge < -0.3 is 15.2 Å². The number of nitrogens with one attached hydrogen (secondary N) is 1. The van der Waals surface area contributed by atoms with Crippen LogP contribution in [0.1, 0.15) is 26.8 Å². The number of benzene rings is 1. The number of nitrogens with zero attached hydrogens (tertiary/aromatic N) is 2. The van der Waals surface area contributed by atoms with Crippen LogP contribution in [-0.2, 0) is 5.60 Å². The zero-order chi connectivity index (χ0) is 19.7. The van der Waals surface area contributed by atoms with Gasteiger partial charge >= 0.3 is 0 Å². The van der Waals surface area contributed by atoms with Gasteiger partial charge in [0.1, 0.15) is 22.2 Å². The van der Waals surface area contributed by atoms with Crippen molar-refractivity contribution in [3.63, 3.8) is 0 Å². The van der Waals surface area contributed by atoms with Crippen LogP contribution in [0.4, 0.5) is 0 Å². The fraction of sp³-hybridized carbons (Fsp3) is 0.350. The average Bonchev–Trinajstić information content (AvgIpc) is 3.35. The molecule has 1 aliphatic heterocycles. The molecule has 2 N–H and O–H groups in total. The first-order valence-corrected chi connectivity index (χ1v) is 10.8. The van der Waals surface area contributed by atoms with Crippen LogP contribution < -0.4 is 10.1 Å². The molecule has 1 saturated heterocycles. The van der Waals surface area contributed by atoms with E-state index in [2.05, 4.69) is 15.3 Å². The number of ketones is 1. The Morgan fingerprint density at radius 1 is 1.36 bits per heavy atom. The highest BCUT2D eigenvalue weighted by Gasteiger charge is 2.34. The number of aromatic nitrogens is 2. The first-order valence-electron chi connectivity index (χ1n) is 9.00. The Labute approximate surface area is 171 Å². The molecular weight excluding hydrogens is 394 g/mol. The van der Waals surface area contributed by atoms with E-state index in [9.17, 15) is 9.90 Å². The maximum Gasteiger partial charge on any atom is 0.183 e. The van der Waals surface area contributed by atoms with E-state index in [1.54, 1.807) is 7.11 Å². The van der Waals surface area contributed by atoms with Crippen LogP contribution in [0.5, 0.6) is 5.75 Å². The lowest BCUT2D eigenvalue weighted by molar-refractivity contribution is 0.0626. The van der Waals surface area contributed by atoms with E-state index in [1.165, 1.54) is 23.1 Å². The molecular formula is C20H21N3O3S2. The van der Waals surface area contributed by atoms with E-state index in [0.29, 0.717) is 23.7 Å². The quantitative estimate of drug-likeness (QED) is 0.363. The van der Waals surface area contributed by atoms with E-state index in [-0.39, 0.29) is 11.5 Å². The van der Waals surface area contributed by atoms with Gasteiger partial charge in [-0.15, -0.1) is 11.3 Å². The summed E-state index contributed by atoms with van der Waals surface area (Å²) in [5, 5.41) is 15.5. The van der Waals surface area contributed by atoms with Crippen molar-refractivity contribution in [3.8, 4) is 5.75 Å². The molecule has 0 aliphatic carbocycles. The summed E-state index contributed by atoms with van der Waals surface area (Å²) in [5.74, 6) is 1.71. The van der Waals surface area contributed by atoms with Crippen molar-refractivity contribution in [1.82, 2.24) is 15.3 Å². The molecule has 0 spiro atoms. The van der Waals surface area contributed by atoms with Crippen LogP contribution in [0.15, 0.2) is 35.4 Å². The van der Waals surface area contributed by atoms with Crippen LogP contribution in [0, 0.1) is 6.92 Å². The van der Waals surface area contributed by atoms with Gasteiger partial charge in [-0.2, -0.15) is 0 Å². The van der Waals surface area contributed by atoms with Crippen LogP contribution in [0.3, 0.4) is 0 Å². The van der Waals surface area contributed by atoms with Crippen LogP contribution in [0.2, 0.25) is 0 Å². The topological polar surface area (TPSA) is 84.3 Å². The number of hydrogen-bond acceptors (Lipinski definition) is 8. The molecule has 3 aromatic rings. The predicted molar refractivity (Wildman–Crippen MR) is 112 cm³/mol. The number of fused-ring (bicyclic) bond motifs is 1. The highest BCUT2D eigenvalue weighted by Crippen LogP contribution is 2.34. The van der Waals surface area contributed by atoms with Crippen molar-refractivity contribution in [2.75, 3.05) is 26.0 Å². The third-order valence-corrected chi connectivity index (χ3v) is 7.10. The maximum atomic E-state index is 12.7. The summed E-state index contributed by atoms with van der Waals surface area (Å²) in [7, 11) is 1.62. The minimum absolute atomic E-state index is 0.0307. The summed E-state index contributed by atoms with van der Waals surface area (Å²) in [5.41, 5.74) is -0.0232. The van der Waals surface area contributed by atoms with Gasteiger partial charge in [-0.3, -0.25) is 4.79 Å². The number of aryl methyl sites for hydroxylation is 1. The fourth-order valence-corrected chi connectivity index (χ4v) is 5.35. The normalized spacial score (nSPS) is 19.2. The number of aliphatic hydroxyl groups is 1. The largest absolute Gasteiger partial charge is 0.497 e. The maximum absolute atomic E-state index is 12.7. The van der Waals surface area contributed by atoms with Crippen molar-refractivity contribution < 1.29 is 14.6 Å². The predicted octanol–water partition coefficient (Wildman–Crippen LogP) is 3.16. The van der Waals surface area contributed by atoms with E-state index in [1.807, 2.05) is 37.3 Å². The molecule has 0 radical (unpaired) electrons. The third kappa shape index (κ3) is 3.77. The third-order valence-electron chi connectivity index (χ3n) is 4.79. The Hall–Kier alpha value is -2.00. The molecule has 28 heavy (non-hydrogen) atoms. The van der Waals surface area contributed by atoms with E-state index in [0.717, 1.165) is 33.1 Å². The van der Waals surface area contributed by atoms with Gasteiger partial charge in [0.05, 0.1) is 23.3 Å². The molecule has 8 heteroatoms. The first kappa shape index (κ1) is 19.3. The highest BCUT2D eigenvalue weighted by atomic mass is 32.2. The summed E-state index contributed by atoms with van der Waals surface area (Å²) in [6.07, 6.45) is 0.671. The van der Waals surface area contributed by atoms with Crippen molar-refractivity contribution in [2.45, 2.75) is 24.0 Å². The van der Waals surface area contributed by atoms with Gasteiger partial charge in [0.2, 0.25) is 0 Å². The Morgan fingerprint density at radius 3 is 2.96 bits per heavy atom. The Bertz CT molecular complexity index is 1030. The SMILES string of the molecule is COc1ccc2nc(C)nc(SCC(=O)c3ccc(C4(O)CCNC4)s3)c2c1. The van der Waals surface area contributed by atoms with Gasteiger partial charge in [-0.1, -0.05) is 11.8 Å². The molecule has 6 nitrogen and oxygen atoms in total. The number of thiophene rings is 1. The van der Waals surface area contributed by atoms with Crippen molar-refractivity contribution in [2.24, 2.45) is 0 Å². The summed E-state index contributed by atoms with van der Waals surface area (Å²) >= 11 is 2.78. The molecule has 0 saturated carbocycles. The molecule has 1 aromatic carbocycles. The lowest BCUT2D eigenvalue weighted by Crippen LogP contribution is -2.26. The summed E-state index contributed by atoms with van der Waals surface area (Å²) in [6, 6.07) is 9.34. The molecule has 3 heterocycles. The lowest BCUT2D eigenvalue weighted by Gasteiger charge is -2.18. The zero-order valence-electron chi connectivity index (χ0n) is 15.7. The minimum atomic E-state index is -0.854. The molecule has 2 aromatic heterocycles. The summed E-state index contributed by atoms with van der Waals surface area (Å²) < 4.78 is 5.30.